The number of nitrogens with zero attached hydrogens (tertiary/aromatic N) is 1. The van der Waals surface area contributed by atoms with Crippen LogP contribution < -0.4 is 5.73 Å². The maximum Gasteiger partial charge on any atom is 0.223 e. The minimum atomic E-state index is 0.176. The van der Waals surface area contributed by atoms with Gasteiger partial charge in [-0.2, -0.15) is 0 Å². The molecule has 2 aliphatic rings. The molecule has 0 aromatic rings. The van der Waals surface area contributed by atoms with Gasteiger partial charge in [0.2, 0.25) is 5.91 Å². The lowest BCUT2D eigenvalue weighted by Crippen LogP contribution is -2.45. The highest BCUT2D eigenvalue weighted by molar-refractivity contribution is 5.76. The van der Waals surface area contributed by atoms with Gasteiger partial charge in [-0.1, -0.05) is 6.42 Å². The Hall–Kier alpha value is -0.610. The molecule has 1 saturated heterocycles. The fraction of sp³-hybridized carbons (Fsp3) is 0.917. The molecule has 4 nitrogen and oxygen atoms in total. The van der Waals surface area contributed by atoms with Crippen molar-refractivity contribution in [3.63, 3.8) is 0 Å². The summed E-state index contributed by atoms with van der Waals surface area (Å²) in [7, 11) is 0. The van der Waals surface area contributed by atoms with Crippen LogP contribution in [0.5, 0.6) is 0 Å². The molecule has 1 saturated carbocycles. The van der Waals surface area contributed by atoms with E-state index in [9.17, 15) is 4.79 Å². The van der Waals surface area contributed by atoms with E-state index in [1.165, 1.54) is 6.42 Å². The van der Waals surface area contributed by atoms with Crippen molar-refractivity contribution in [2.75, 3.05) is 19.7 Å². The van der Waals surface area contributed by atoms with E-state index in [0.29, 0.717) is 18.9 Å². The molecule has 2 rings (SSSR count). The van der Waals surface area contributed by atoms with Crippen LogP contribution in [0.4, 0.5) is 0 Å². The number of carbonyl (C=O) groups excluding carboxylic acids is 1. The van der Waals surface area contributed by atoms with Crippen LogP contribution in [0.25, 0.3) is 0 Å². The zero-order valence-corrected chi connectivity index (χ0v) is 10.0. The monoisotopic (exact) mass is 226 g/mol. The van der Waals surface area contributed by atoms with Crippen LogP contribution in [-0.2, 0) is 9.53 Å². The van der Waals surface area contributed by atoms with E-state index in [4.69, 9.17) is 10.5 Å². The molecule has 92 valence electrons. The third-order valence-electron chi connectivity index (χ3n) is 3.75. The van der Waals surface area contributed by atoms with Gasteiger partial charge in [0.1, 0.15) is 0 Å². The Balaban J connectivity index is 1.82. The van der Waals surface area contributed by atoms with E-state index < -0.39 is 0 Å². The van der Waals surface area contributed by atoms with Gasteiger partial charge in [-0.05, 0) is 25.7 Å². The molecule has 1 heterocycles. The summed E-state index contributed by atoms with van der Waals surface area (Å²) in [5.74, 6) is 0.670. The Morgan fingerprint density at radius 1 is 1.50 bits per heavy atom. The summed E-state index contributed by atoms with van der Waals surface area (Å²) >= 11 is 0. The SMILES string of the molecule is CC1CN(C(=O)C[C@@H]2CCC[C@H]2N)CCO1. The second-order valence-electron chi connectivity index (χ2n) is 5.08. The van der Waals surface area contributed by atoms with Crippen molar-refractivity contribution in [3.8, 4) is 0 Å². The lowest BCUT2D eigenvalue weighted by Gasteiger charge is -2.32. The number of carbonyl (C=O) groups is 1. The normalized spacial score (nSPS) is 35.4. The van der Waals surface area contributed by atoms with E-state index in [1.54, 1.807) is 0 Å². The molecule has 1 unspecified atom stereocenters. The molecule has 2 N–H and O–H groups in total. The van der Waals surface area contributed by atoms with E-state index >= 15 is 0 Å². The predicted octanol–water partition coefficient (Wildman–Crippen LogP) is 0.751. The molecule has 1 aliphatic heterocycles. The first-order valence-corrected chi connectivity index (χ1v) is 6.32. The van der Waals surface area contributed by atoms with Gasteiger partial charge < -0.3 is 15.4 Å². The summed E-state index contributed by atoms with van der Waals surface area (Å²) in [5, 5.41) is 0. The molecule has 0 radical (unpaired) electrons. The molecule has 1 aliphatic carbocycles. The highest BCUT2D eigenvalue weighted by atomic mass is 16.5. The van der Waals surface area contributed by atoms with Gasteiger partial charge in [0.25, 0.3) is 0 Å². The fourth-order valence-corrected chi connectivity index (χ4v) is 2.72. The first-order valence-electron chi connectivity index (χ1n) is 6.32. The summed E-state index contributed by atoms with van der Waals surface area (Å²) in [6.45, 7) is 4.16. The molecule has 0 aromatic heterocycles. The topological polar surface area (TPSA) is 55.6 Å². The summed E-state index contributed by atoms with van der Waals surface area (Å²) in [6.07, 6.45) is 4.19. The second-order valence-corrected chi connectivity index (χ2v) is 5.08. The average molecular weight is 226 g/mol. The summed E-state index contributed by atoms with van der Waals surface area (Å²) in [5.41, 5.74) is 5.99. The Morgan fingerprint density at radius 3 is 2.94 bits per heavy atom. The molecule has 16 heavy (non-hydrogen) atoms. The number of rotatable bonds is 2. The van der Waals surface area contributed by atoms with Crippen molar-refractivity contribution >= 4 is 5.91 Å². The second kappa shape index (κ2) is 5.15. The van der Waals surface area contributed by atoms with Crippen LogP contribution >= 0.6 is 0 Å². The largest absolute Gasteiger partial charge is 0.375 e. The van der Waals surface area contributed by atoms with Gasteiger partial charge in [-0.25, -0.2) is 0 Å². The number of hydrogen-bond donors (Lipinski definition) is 1. The lowest BCUT2D eigenvalue weighted by molar-refractivity contribution is -0.139. The summed E-state index contributed by atoms with van der Waals surface area (Å²) in [6, 6.07) is 0.238. The molecule has 4 heteroatoms. The van der Waals surface area contributed by atoms with Crippen LogP contribution in [0, 0.1) is 5.92 Å². The van der Waals surface area contributed by atoms with Crippen LogP contribution in [0.15, 0.2) is 0 Å². The minimum Gasteiger partial charge on any atom is -0.375 e. The first-order chi connectivity index (χ1) is 7.66. The van der Waals surface area contributed by atoms with Crippen LogP contribution in [-0.4, -0.2) is 42.6 Å². The molecule has 2 fully saturated rings. The van der Waals surface area contributed by atoms with E-state index in [2.05, 4.69) is 0 Å². The summed E-state index contributed by atoms with van der Waals surface area (Å²) in [4.78, 5) is 14.0. The number of ether oxygens (including phenoxy) is 1. The molecule has 0 spiro atoms. The Bertz CT molecular complexity index is 257. The average Bonchev–Trinajstić information content (AvgIpc) is 2.64. The minimum absolute atomic E-state index is 0.176. The first kappa shape index (κ1) is 11.9. The molecule has 0 aromatic carbocycles. The Morgan fingerprint density at radius 2 is 2.31 bits per heavy atom. The van der Waals surface area contributed by atoms with Crippen LogP contribution in [0.3, 0.4) is 0 Å². The van der Waals surface area contributed by atoms with Crippen molar-refractivity contribution < 1.29 is 9.53 Å². The fourth-order valence-electron chi connectivity index (χ4n) is 2.72. The van der Waals surface area contributed by atoms with Crippen molar-refractivity contribution in [1.82, 2.24) is 4.90 Å². The van der Waals surface area contributed by atoms with Crippen LogP contribution in [0.1, 0.15) is 32.6 Å². The highest BCUT2D eigenvalue weighted by Gasteiger charge is 2.29. The Kier molecular flexibility index (Phi) is 3.82. The molecule has 1 amide bonds. The van der Waals surface area contributed by atoms with Gasteiger partial charge in [0.15, 0.2) is 0 Å². The smallest absolute Gasteiger partial charge is 0.223 e. The maximum absolute atomic E-state index is 12.1. The molecule has 3 atom stereocenters. The van der Waals surface area contributed by atoms with Crippen molar-refractivity contribution in [1.29, 1.82) is 0 Å². The van der Waals surface area contributed by atoms with Crippen molar-refractivity contribution in [2.24, 2.45) is 11.7 Å². The molecule has 0 bridgehead atoms. The standard InChI is InChI=1S/C12H22N2O2/c1-9-8-14(5-6-16-9)12(15)7-10-3-2-4-11(10)13/h9-11H,2-8,13H2,1H3/t9?,10-,11+/m0/s1. The zero-order valence-electron chi connectivity index (χ0n) is 10.0. The molecular weight excluding hydrogens is 204 g/mol. The Labute approximate surface area is 97.1 Å². The van der Waals surface area contributed by atoms with E-state index in [0.717, 1.165) is 25.9 Å². The van der Waals surface area contributed by atoms with Gasteiger partial charge in [0, 0.05) is 25.6 Å². The number of hydrogen-bond acceptors (Lipinski definition) is 3. The number of morpholine rings is 1. The quantitative estimate of drug-likeness (QED) is 0.756. The third kappa shape index (κ3) is 2.74. The van der Waals surface area contributed by atoms with Crippen LogP contribution in [0.2, 0.25) is 0 Å². The van der Waals surface area contributed by atoms with Gasteiger partial charge in [0.05, 0.1) is 12.7 Å². The maximum atomic E-state index is 12.1. The number of amides is 1. The van der Waals surface area contributed by atoms with Crippen molar-refractivity contribution in [2.45, 2.75) is 44.8 Å². The van der Waals surface area contributed by atoms with E-state index in [1.807, 2.05) is 11.8 Å². The summed E-state index contributed by atoms with van der Waals surface area (Å²) < 4.78 is 5.43. The van der Waals surface area contributed by atoms with Gasteiger partial charge in [-0.3, -0.25) is 4.79 Å². The number of nitrogens with two attached hydrogens (primary N) is 1. The van der Waals surface area contributed by atoms with Crippen molar-refractivity contribution in [3.05, 3.63) is 0 Å². The van der Waals surface area contributed by atoms with Gasteiger partial charge in [-0.15, -0.1) is 0 Å². The predicted molar refractivity (Wildman–Crippen MR) is 61.9 cm³/mol. The zero-order chi connectivity index (χ0) is 11.5. The molecular formula is C12H22N2O2. The highest BCUT2D eigenvalue weighted by Crippen LogP contribution is 2.27. The van der Waals surface area contributed by atoms with Gasteiger partial charge >= 0.3 is 0 Å². The third-order valence-corrected chi connectivity index (χ3v) is 3.75. The van der Waals surface area contributed by atoms with E-state index in [-0.39, 0.29) is 18.1 Å². The lowest BCUT2D eigenvalue weighted by atomic mass is 9.99.